The van der Waals surface area contributed by atoms with Crippen molar-refractivity contribution in [3.05, 3.63) is 11.9 Å². The van der Waals surface area contributed by atoms with E-state index < -0.39 is 15.6 Å². The molecular weight excluding hydrogens is 358 g/mol. The molecule has 2 rings (SSSR count). The molecule has 1 fully saturated rings. The van der Waals surface area contributed by atoms with Gasteiger partial charge in [0.15, 0.2) is 0 Å². The van der Waals surface area contributed by atoms with Crippen LogP contribution in [0.4, 0.5) is 4.79 Å². The molecule has 148 valence electrons. The first-order valence-corrected chi connectivity index (χ1v) is 10.5. The Balaban J connectivity index is 2.01. The van der Waals surface area contributed by atoms with E-state index in [1.807, 2.05) is 13.8 Å². The van der Waals surface area contributed by atoms with E-state index in [2.05, 4.69) is 15.1 Å². The van der Waals surface area contributed by atoms with Crippen LogP contribution in [0.15, 0.2) is 11.1 Å². The number of hydrogen-bond donors (Lipinski definition) is 3. The molecule has 0 aliphatic carbocycles. The number of amides is 2. The first-order chi connectivity index (χ1) is 12.2. The molecule has 26 heavy (non-hydrogen) atoms. The molecular formula is C16H29N5O4S. The number of carbonyl (C=O) groups excluding carboxylic acids is 1. The van der Waals surface area contributed by atoms with Gasteiger partial charge in [-0.05, 0) is 40.0 Å². The Morgan fingerprint density at radius 2 is 2.08 bits per heavy atom. The van der Waals surface area contributed by atoms with Crippen molar-refractivity contribution >= 4 is 16.1 Å². The Kier molecular flexibility index (Phi) is 6.64. The molecule has 0 unspecified atom stereocenters. The van der Waals surface area contributed by atoms with Crippen LogP contribution in [-0.4, -0.2) is 66.0 Å². The van der Waals surface area contributed by atoms with Gasteiger partial charge in [-0.25, -0.2) is 17.9 Å². The SMILES string of the molecule is CCNC(=O)N1CCC[C@@](O)(CNS(=O)(=O)c2cnn(CC)c2C)CC1. The van der Waals surface area contributed by atoms with Crippen molar-refractivity contribution < 1.29 is 18.3 Å². The van der Waals surface area contributed by atoms with Crippen LogP contribution in [0.5, 0.6) is 0 Å². The number of aromatic nitrogens is 2. The molecule has 1 aromatic heterocycles. The zero-order valence-electron chi connectivity index (χ0n) is 15.7. The minimum atomic E-state index is -3.75. The van der Waals surface area contributed by atoms with Gasteiger partial charge in [0.05, 0.1) is 17.5 Å². The number of likely N-dealkylation sites (tertiary alicyclic amines) is 1. The summed E-state index contributed by atoms with van der Waals surface area (Å²) in [6, 6.07) is -0.153. The summed E-state index contributed by atoms with van der Waals surface area (Å²) in [4.78, 5) is 13.7. The highest BCUT2D eigenvalue weighted by molar-refractivity contribution is 7.89. The highest BCUT2D eigenvalue weighted by atomic mass is 32.2. The lowest BCUT2D eigenvalue weighted by Crippen LogP contribution is -2.45. The number of aliphatic hydroxyl groups is 1. The van der Waals surface area contributed by atoms with Crippen molar-refractivity contribution in [3.63, 3.8) is 0 Å². The third-order valence-electron chi connectivity index (χ3n) is 4.77. The third kappa shape index (κ3) is 4.74. The number of sulfonamides is 1. The molecule has 9 nitrogen and oxygen atoms in total. The minimum Gasteiger partial charge on any atom is -0.388 e. The zero-order valence-corrected chi connectivity index (χ0v) is 16.5. The monoisotopic (exact) mass is 387 g/mol. The lowest BCUT2D eigenvalue weighted by molar-refractivity contribution is 0.0316. The third-order valence-corrected chi connectivity index (χ3v) is 6.28. The number of hydrogen-bond acceptors (Lipinski definition) is 5. The maximum absolute atomic E-state index is 12.6. The van der Waals surface area contributed by atoms with Gasteiger partial charge in [-0.15, -0.1) is 0 Å². The fourth-order valence-electron chi connectivity index (χ4n) is 3.14. The molecule has 1 aliphatic heterocycles. The molecule has 10 heteroatoms. The molecule has 1 atom stereocenters. The predicted octanol–water partition coefficient (Wildman–Crippen LogP) is 0.436. The summed E-state index contributed by atoms with van der Waals surface area (Å²) in [6.45, 7) is 7.41. The quantitative estimate of drug-likeness (QED) is 0.655. The fraction of sp³-hybridized carbons (Fsp3) is 0.750. The van der Waals surface area contributed by atoms with Crippen LogP contribution < -0.4 is 10.0 Å². The van der Waals surface area contributed by atoms with E-state index in [0.29, 0.717) is 51.1 Å². The van der Waals surface area contributed by atoms with E-state index in [4.69, 9.17) is 0 Å². The maximum Gasteiger partial charge on any atom is 0.317 e. The van der Waals surface area contributed by atoms with E-state index in [1.165, 1.54) is 6.20 Å². The first-order valence-electron chi connectivity index (χ1n) is 8.99. The van der Waals surface area contributed by atoms with Crippen molar-refractivity contribution in [2.45, 2.75) is 57.1 Å². The summed E-state index contributed by atoms with van der Waals surface area (Å²) in [5.41, 5.74) is -0.613. The first kappa shape index (κ1) is 20.7. The Bertz CT molecular complexity index is 733. The Morgan fingerprint density at radius 1 is 1.35 bits per heavy atom. The summed E-state index contributed by atoms with van der Waals surface area (Å²) >= 11 is 0. The van der Waals surface area contributed by atoms with Gasteiger partial charge in [0.25, 0.3) is 0 Å². The van der Waals surface area contributed by atoms with E-state index in [9.17, 15) is 18.3 Å². The van der Waals surface area contributed by atoms with Gasteiger partial charge in [0.1, 0.15) is 4.90 Å². The molecule has 0 radical (unpaired) electrons. The van der Waals surface area contributed by atoms with Crippen molar-refractivity contribution in [2.24, 2.45) is 0 Å². The van der Waals surface area contributed by atoms with Gasteiger partial charge < -0.3 is 15.3 Å². The molecule has 1 saturated heterocycles. The van der Waals surface area contributed by atoms with Gasteiger partial charge in [-0.1, -0.05) is 0 Å². The van der Waals surface area contributed by atoms with Gasteiger partial charge in [0, 0.05) is 32.7 Å². The number of nitrogens with one attached hydrogen (secondary N) is 2. The second kappa shape index (κ2) is 8.36. The molecule has 0 aromatic carbocycles. The van der Waals surface area contributed by atoms with Crippen LogP contribution >= 0.6 is 0 Å². The van der Waals surface area contributed by atoms with Crippen molar-refractivity contribution in [1.82, 2.24) is 24.7 Å². The van der Waals surface area contributed by atoms with Crippen molar-refractivity contribution in [2.75, 3.05) is 26.2 Å². The minimum absolute atomic E-state index is 0.0880. The van der Waals surface area contributed by atoms with Gasteiger partial charge >= 0.3 is 6.03 Å². The molecule has 2 heterocycles. The number of aryl methyl sites for hydroxylation is 1. The highest BCUT2D eigenvalue weighted by Crippen LogP contribution is 2.23. The summed E-state index contributed by atoms with van der Waals surface area (Å²) in [5, 5.41) is 17.6. The summed E-state index contributed by atoms with van der Waals surface area (Å²) in [5.74, 6) is 0. The Labute approximate surface area is 154 Å². The second-order valence-corrected chi connectivity index (χ2v) is 8.37. The average Bonchev–Trinajstić information content (AvgIpc) is 2.86. The van der Waals surface area contributed by atoms with Crippen LogP contribution in [0.2, 0.25) is 0 Å². The number of nitrogens with zero attached hydrogens (tertiary/aromatic N) is 3. The average molecular weight is 388 g/mol. The number of urea groups is 1. The van der Waals surface area contributed by atoms with Crippen LogP contribution in [0.1, 0.15) is 38.8 Å². The van der Waals surface area contributed by atoms with Crippen molar-refractivity contribution in [3.8, 4) is 0 Å². The maximum atomic E-state index is 12.6. The lowest BCUT2D eigenvalue weighted by atomic mass is 9.95. The van der Waals surface area contributed by atoms with E-state index in [0.717, 1.165) is 0 Å². The predicted molar refractivity (Wildman–Crippen MR) is 97.3 cm³/mol. The largest absolute Gasteiger partial charge is 0.388 e. The topological polar surface area (TPSA) is 117 Å². The number of carbonyl (C=O) groups is 1. The molecule has 1 aromatic rings. The fourth-order valence-corrected chi connectivity index (χ4v) is 4.44. The second-order valence-electron chi connectivity index (χ2n) is 6.63. The lowest BCUT2D eigenvalue weighted by Gasteiger charge is -2.27. The van der Waals surface area contributed by atoms with Crippen molar-refractivity contribution in [1.29, 1.82) is 0 Å². The molecule has 0 saturated carbocycles. The molecule has 2 amide bonds. The van der Waals surface area contributed by atoms with Crippen LogP contribution in [0.3, 0.4) is 0 Å². The van der Waals surface area contributed by atoms with Crippen LogP contribution in [0.25, 0.3) is 0 Å². The van der Waals surface area contributed by atoms with Gasteiger partial charge in [-0.3, -0.25) is 4.68 Å². The standard InChI is InChI=1S/C16H29N5O4S/c1-4-17-15(22)20-9-6-7-16(23,8-10-20)12-19-26(24,25)14-11-18-21(5-2)13(14)3/h11,19,23H,4-10,12H2,1-3H3,(H,17,22)/t16-/m0/s1. The molecule has 3 N–H and O–H groups in total. The summed E-state index contributed by atoms with van der Waals surface area (Å²) < 4.78 is 29.2. The Hall–Kier alpha value is -1.65. The zero-order chi connectivity index (χ0) is 19.4. The van der Waals surface area contributed by atoms with Gasteiger partial charge in [-0.2, -0.15) is 5.10 Å². The van der Waals surface area contributed by atoms with Gasteiger partial charge in [0.2, 0.25) is 10.0 Å². The molecule has 1 aliphatic rings. The highest BCUT2D eigenvalue weighted by Gasteiger charge is 2.33. The van der Waals surface area contributed by atoms with E-state index in [-0.39, 0.29) is 17.5 Å². The van der Waals surface area contributed by atoms with E-state index >= 15 is 0 Å². The Morgan fingerprint density at radius 3 is 2.69 bits per heavy atom. The number of rotatable bonds is 6. The van der Waals surface area contributed by atoms with Crippen LogP contribution in [-0.2, 0) is 16.6 Å². The van der Waals surface area contributed by atoms with E-state index in [1.54, 1.807) is 16.5 Å². The summed E-state index contributed by atoms with van der Waals surface area (Å²) in [6.07, 6.45) is 2.69. The molecule has 0 spiro atoms. The van der Waals surface area contributed by atoms with Crippen LogP contribution in [0, 0.1) is 6.92 Å². The molecule has 0 bridgehead atoms. The normalized spacial score (nSPS) is 21.5. The summed E-state index contributed by atoms with van der Waals surface area (Å²) in [7, 11) is -3.75. The smallest absolute Gasteiger partial charge is 0.317 e.